The number of hydrogen-bond acceptors (Lipinski definition) is 10. The highest BCUT2D eigenvalue weighted by Gasteiger charge is 2.40. The predicted molar refractivity (Wildman–Crippen MR) is 250 cm³/mol. The van der Waals surface area contributed by atoms with Crippen LogP contribution >= 0.6 is 0 Å². The Labute approximate surface area is 387 Å². The number of benzene rings is 3. The highest BCUT2D eigenvalue weighted by Crippen LogP contribution is 2.42. The van der Waals surface area contributed by atoms with E-state index in [0.717, 1.165) is 38.2 Å². The summed E-state index contributed by atoms with van der Waals surface area (Å²) in [5.74, 6) is -9.06. The van der Waals surface area contributed by atoms with Gasteiger partial charge in [0.05, 0.1) is 18.6 Å². The molecule has 5 rings (SSSR count). The molecule has 5 amide bonds. The number of nitrogens with one attached hydrogen (secondary N) is 6. The van der Waals surface area contributed by atoms with E-state index >= 15 is 0 Å². The van der Waals surface area contributed by atoms with E-state index in [4.69, 9.17) is 10.1 Å². The van der Waals surface area contributed by atoms with Gasteiger partial charge in [0.15, 0.2) is 0 Å². The molecule has 0 spiro atoms. The number of carboxylic acids is 3. The molecule has 352 valence electrons. The van der Waals surface area contributed by atoms with E-state index in [1.54, 1.807) is 42.5 Å². The van der Waals surface area contributed by atoms with Crippen molar-refractivity contribution >= 4 is 77.9 Å². The zero-order chi connectivity index (χ0) is 49.2. The van der Waals surface area contributed by atoms with Crippen LogP contribution in [0.5, 0.6) is 0 Å². The van der Waals surface area contributed by atoms with Crippen molar-refractivity contribution in [3.63, 3.8) is 0 Å². The summed E-state index contributed by atoms with van der Waals surface area (Å²) >= 11 is 0. The molecule has 0 radical (unpaired) electrons. The highest BCUT2D eigenvalue weighted by molar-refractivity contribution is 6.98. The largest absolute Gasteiger partial charge is 0.481 e. The van der Waals surface area contributed by atoms with Gasteiger partial charge in [0, 0.05) is 12.1 Å². The lowest BCUT2D eigenvalue weighted by Crippen LogP contribution is -2.59. The van der Waals surface area contributed by atoms with Crippen molar-refractivity contribution < 1.29 is 58.4 Å². The molecule has 2 aliphatic rings. The van der Waals surface area contributed by atoms with Gasteiger partial charge >= 0.3 is 24.0 Å². The molecule has 3 aromatic carbocycles. The van der Waals surface area contributed by atoms with Crippen LogP contribution in [0.15, 0.2) is 102 Å². The zero-order valence-electron chi connectivity index (χ0n) is 37.6. The van der Waals surface area contributed by atoms with E-state index in [0.29, 0.717) is 17.0 Å². The van der Waals surface area contributed by atoms with Crippen molar-refractivity contribution in [3.05, 3.63) is 124 Å². The van der Waals surface area contributed by atoms with Crippen LogP contribution in [0, 0.1) is 18.3 Å². The van der Waals surface area contributed by atoms with Gasteiger partial charge in [0.1, 0.15) is 38.8 Å². The quantitative estimate of drug-likeness (QED) is 0.0729. The van der Waals surface area contributed by atoms with Crippen LogP contribution in [0.3, 0.4) is 0 Å². The fraction of sp³-hybridized carbons (Fsp3) is 0.312. The molecule has 1 aliphatic heterocycles. The Balaban J connectivity index is 1.34. The van der Waals surface area contributed by atoms with Gasteiger partial charge in [-0.05, 0) is 87.3 Å². The number of fused-ring (bicyclic) bond motifs is 2. The lowest BCUT2D eigenvalue weighted by atomic mass is 9.87. The first-order chi connectivity index (χ1) is 31.7. The van der Waals surface area contributed by atoms with Crippen LogP contribution in [0.1, 0.15) is 61.8 Å². The molecule has 1 aliphatic carbocycles. The number of carbonyl (C=O) groups excluding carboxylic acids is 5. The summed E-state index contributed by atoms with van der Waals surface area (Å²) in [6.45, 7) is 9.17. The number of hydrogen-bond donors (Lipinski definition) is 9. The Morgan fingerprint density at radius 3 is 1.93 bits per heavy atom. The number of aryl methyl sites for hydroxylation is 1. The molecule has 0 aromatic heterocycles. The Kier molecular flexibility index (Phi) is 16.5. The average molecular weight is 935 g/mol. The maximum atomic E-state index is 13.9. The Morgan fingerprint density at radius 1 is 0.687 bits per heavy atom. The second-order valence-electron chi connectivity index (χ2n) is 17.1. The van der Waals surface area contributed by atoms with Crippen molar-refractivity contribution in [2.45, 2.75) is 90.3 Å². The molecule has 1 heterocycles. The number of carboxylic acid groups (broad SMARTS) is 3. The summed E-state index contributed by atoms with van der Waals surface area (Å²) < 4.78 is 5.11. The first-order valence-electron chi connectivity index (χ1n) is 21.4. The third-order valence-corrected chi connectivity index (χ3v) is 14.9. The maximum absolute atomic E-state index is 13.9. The van der Waals surface area contributed by atoms with Crippen LogP contribution in [-0.2, 0) is 44.9 Å². The van der Waals surface area contributed by atoms with Gasteiger partial charge < -0.3 is 52.0 Å². The van der Waals surface area contributed by atoms with Gasteiger partial charge in [-0.1, -0.05) is 93.7 Å². The van der Waals surface area contributed by atoms with Crippen molar-refractivity contribution in [2.75, 3.05) is 5.32 Å². The smallest absolute Gasteiger partial charge is 0.408 e. The minimum atomic E-state index is -2.53. The first-order valence-corrected chi connectivity index (χ1v) is 24.4. The molecule has 0 saturated heterocycles. The van der Waals surface area contributed by atoms with Gasteiger partial charge in [-0.2, -0.15) is 0 Å². The number of amides is 5. The minimum Gasteiger partial charge on any atom is -0.481 e. The molecule has 0 fully saturated rings. The molecule has 4 atom stereocenters. The van der Waals surface area contributed by atoms with E-state index in [2.05, 4.69) is 39.7 Å². The fourth-order valence-corrected chi connectivity index (χ4v) is 10.9. The Morgan fingerprint density at radius 2 is 1.30 bits per heavy atom. The fourth-order valence-electron chi connectivity index (χ4n) is 7.83. The van der Waals surface area contributed by atoms with E-state index < -0.39 is 111 Å². The standard InChI is InChI=1S/C48H54N6O12Si/c1-26(2)43(54-44(61)34(19-20-39(55)56)51-46(63)36(24-41(59)60)53-48(65)66-25-28-12-7-6-8-13-28)47(64)52-35(23-40(57)58)45(62)50-30-16-18-33-38(22-30)67(4,5)37-21-29(49)15-17-32(37)42(33)31-14-10-9-11-27(31)3/h6-18,21-22,26,34-36,43,49H,19-20,23-25H2,1-5H3,(H,50,62)(H,51,63)(H,52,64)(H,53,65)(H,54,61)(H,55,56)(H,57,58)(H,59,60)/t34-,35-,36-,43-/m0/s1. The molecule has 9 N–H and O–H groups in total. The first kappa shape index (κ1) is 50.3. The van der Waals surface area contributed by atoms with Gasteiger partial charge in [0.25, 0.3) is 0 Å². The predicted octanol–water partition coefficient (Wildman–Crippen LogP) is 3.94. The van der Waals surface area contributed by atoms with Crippen LogP contribution in [0.2, 0.25) is 13.1 Å². The summed E-state index contributed by atoms with van der Waals surface area (Å²) in [7, 11) is -2.53. The zero-order valence-corrected chi connectivity index (χ0v) is 38.6. The van der Waals surface area contributed by atoms with Gasteiger partial charge in [0.2, 0.25) is 23.6 Å². The molecule has 0 unspecified atom stereocenters. The van der Waals surface area contributed by atoms with Gasteiger partial charge in [-0.25, -0.2) is 4.79 Å². The van der Waals surface area contributed by atoms with Crippen molar-refractivity contribution in [2.24, 2.45) is 5.92 Å². The van der Waals surface area contributed by atoms with Crippen molar-refractivity contribution in [1.82, 2.24) is 21.3 Å². The monoisotopic (exact) mass is 934 g/mol. The number of anilines is 1. The third-order valence-electron chi connectivity index (χ3n) is 11.3. The lowest BCUT2D eigenvalue weighted by molar-refractivity contribution is -0.141. The summed E-state index contributed by atoms with van der Waals surface area (Å²) in [6.07, 6.45) is 1.48. The lowest BCUT2D eigenvalue weighted by Gasteiger charge is -2.38. The number of carbonyl (C=O) groups is 8. The number of aliphatic carboxylic acids is 3. The molecule has 18 nitrogen and oxygen atoms in total. The van der Waals surface area contributed by atoms with Crippen LogP contribution in [0.4, 0.5) is 10.5 Å². The van der Waals surface area contributed by atoms with E-state index in [1.807, 2.05) is 55.5 Å². The van der Waals surface area contributed by atoms with Crippen molar-refractivity contribution in [3.8, 4) is 0 Å². The van der Waals surface area contributed by atoms with E-state index in [9.17, 15) is 53.7 Å². The molecule has 3 aromatic rings. The minimum absolute atomic E-state index is 0.211. The number of alkyl carbamates (subject to hydrolysis) is 1. The molecule has 19 heteroatoms. The van der Waals surface area contributed by atoms with Crippen LogP contribution in [0.25, 0.3) is 5.57 Å². The average Bonchev–Trinajstić information content (AvgIpc) is 3.26. The molecule has 0 saturated carbocycles. The summed E-state index contributed by atoms with van der Waals surface area (Å²) in [6, 6.07) is 15.3. The van der Waals surface area contributed by atoms with Crippen LogP contribution in [-0.4, -0.2) is 101 Å². The SMILES string of the molecule is Cc1ccccc1C1=C2C=CC(=N)C=C2[Si](C)(C)c2cc(NC(=O)[C@H](CC(=O)O)NC(=O)[C@@H](NC(=O)[C@H](CCC(=O)O)NC(=O)[C@H](CC(=O)O)NC(=O)OCc3ccccc3)C(C)C)ccc21. The molecular formula is C48H54N6O12Si. The molecule has 0 bridgehead atoms. The van der Waals surface area contributed by atoms with E-state index in [-0.39, 0.29) is 6.61 Å². The molecular weight excluding hydrogens is 881 g/mol. The maximum Gasteiger partial charge on any atom is 0.408 e. The van der Waals surface area contributed by atoms with Crippen LogP contribution < -0.4 is 31.8 Å². The van der Waals surface area contributed by atoms with Gasteiger partial charge in [-0.15, -0.1) is 0 Å². The second kappa shape index (κ2) is 22.0. The summed E-state index contributed by atoms with van der Waals surface area (Å²) in [4.78, 5) is 103. The highest BCUT2D eigenvalue weighted by atomic mass is 28.3. The normalized spacial score (nSPS) is 15.3. The Bertz CT molecular complexity index is 2570. The Hall–Kier alpha value is -7.67. The number of allylic oxidation sites excluding steroid dienone is 5. The summed E-state index contributed by atoms with van der Waals surface area (Å²) in [5, 5.41) is 51.2. The van der Waals surface area contributed by atoms with E-state index in [1.165, 1.54) is 13.8 Å². The van der Waals surface area contributed by atoms with Gasteiger partial charge in [-0.3, -0.25) is 33.6 Å². The second-order valence-corrected chi connectivity index (χ2v) is 21.4. The summed E-state index contributed by atoms with van der Waals surface area (Å²) in [5.41, 5.74) is 6.29. The number of rotatable bonds is 20. The number of ether oxygens (including phenoxy) is 1. The van der Waals surface area contributed by atoms with Crippen molar-refractivity contribution in [1.29, 1.82) is 5.41 Å². The third kappa shape index (κ3) is 13.0. The topological polar surface area (TPSA) is 290 Å². The molecule has 67 heavy (non-hydrogen) atoms.